The monoisotopic (exact) mass is 197 g/mol. The van der Waals surface area contributed by atoms with Gasteiger partial charge in [0.05, 0.1) is 0 Å². The molecule has 1 N–H and O–H groups in total. The van der Waals surface area contributed by atoms with E-state index in [2.05, 4.69) is 24.8 Å². The van der Waals surface area contributed by atoms with Gasteiger partial charge in [0, 0.05) is 24.5 Å². The summed E-state index contributed by atoms with van der Waals surface area (Å²) >= 11 is 1.32. The molecule has 0 amide bonds. The van der Waals surface area contributed by atoms with Crippen molar-refractivity contribution in [3.63, 3.8) is 0 Å². The van der Waals surface area contributed by atoms with E-state index in [-0.39, 0.29) is 0 Å². The first-order chi connectivity index (χ1) is 6.45. The lowest BCUT2D eigenvalue weighted by Gasteiger charge is -1.96. The summed E-state index contributed by atoms with van der Waals surface area (Å²) in [6.45, 7) is 0.720. The van der Waals surface area contributed by atoms with E-state index in [1.165, 1.54) is 24.2 Å². The average molecular weight is 197 g/mol. The molecule has 0 radical (unpaired) electrons. The average Bonchev–Trinajstić information content (AvgIpc) is 2.75. The molecule has 0 aromatic carbocycles. The third-order valence-electron chi connectivity index (χ3n) is 1.38. The lowest BCUT2D eigenvalue weighted by atomic mass is 10.4. The minimum absolute atomic E-state index is 0.622. The number of rotatable bonds is 4. The predicted octanol–water partition coefficient (Wildman–Crippen LogP) is 0.576. The fourth-order valence-corrected chi connectivity index (χ4v) is 1.29. The molecule has 2 heterocycles. The van der Waals surface area contributed by atoms with Crippen molar-refractivity contribution in [2.45, 2.75) is 6.42 Å². The molecule has 13 heavy (non-hydrogen) atoms. The molecule has 0 atom stereocenters. The van der Waals surface area contributed by atoms with Crippen molar-refractivity contribution in [2.75, 3.05) is 11.9 Å². The second kappa shape index (κ2) is 3.94. The Balaban J connectivity index is 1.76. The summed E-state index contributed by atoms with van der Waals surface area (Å²) in [7, 11) is 0. The standard InChI is InChI=1S/C6H7N5OS/c1(5-8-3-10-12-5)2-7-6-9-4-11-13-6/h3-4H,1-2H2,(H,7,9,11). The van der Waals surface area contributed by atoms with Crippen molar-refractivity contribution in [1.29, 1.82) is 0 Å². The van der Waals surface area contributed by atoms with Crippen LogP contribution in [0.2, 0.25) is 0 Å². The first kappa shape index (κ1) is 8.11. The zero-order valence-electron chi connectivity index (χ0n) is 6.67. The number of nitrogens with zero attached hydrogens (tertiary/aromatic N) is 4. The van der Waals surface area contributed by atoms with Crippen LogP contribution in [-0.2, 0) is 6.42 Å². The summed E-state index contributed by atoms with van der Waals surface area (Å²) in [6, 6.07) is 0. The van der Waals surface area contributed by atoms with E-state index in [9.17, 15) is 0 Å². The van der Waals surface area contributed by atoms with Gasteiger partial charge < -0.3 is 9.84 Å². The summed E-state index contributed by atoms with van der Waals surface area (Å²) < 4.78 is 8.67. The van der Waals surface area contributed by atoms with Crippen LogP contribution in [0.25, 0.3) is 0 Å². The van der Waals surface area contributed by atoms with Gasteiger partial charge in [0.1, 0.15) is 6.33 Å². The zero-order chi connectivity index (χ0) is 8.93. The minimum Gasteiger partial charge on any atom is -0.360 e. The molecule has 0 saturated heterocycles. The molecule has 0 fully saturated rings. The van der Waals surface area contributed by atoms with Crippen LogP contribution in [0.5, 0.6) is 0 Å². The molecule has 0 saturated carbocycles. The Hall–Kier alpha value is -1.50. The summed E-state index contributed by atoms with van der Waals surface area (Å²) in [6.07, 6.45) is 3.60. The molecule has 2 aromatic rings. The molecule has 2 rings (SSSR count). The topological polar surface area (TPSA) is 76.7 Å². The van der Waals surface area contributed by atoms with Gasteiger partial charge in [-0.05, 0) is 0 Å². The Kier molecular flexibility index (Phi) is 2.46. The Bertz CT molecular complexity index is 298. The van der Waals surface area contributed by atoms with Crippen molar-refractivity contribution in [3.8, 4) is 0 Å². The molecular weight excluding hydrogens is 190 g/mol. The highest BCUT2D eigenvalue weighted by Crippen LogP contribution is 2.06. The lowest BCUT2D eigenvalue weighted by Crippen LogP contribution is -2.04. The molecule has 6 nitrogen and oxygen atoms in total. The van der Waals surface area contributed by atoms with E-state index in [1.54, 1.807) is 0 Å². The number of hydrogen-bond acceptors (Lipinski definition) is 7. The van der Waals surface area contributed by atoms with Gasteiger partial charge in [0.15, 0.2) is 6.33 Å². The van der Waals surface area contributed by atoms with E-state index in [1.807, 2.05) is 0 Å². The number of aromatic nitrogens is 4. The van der Waals surface area contributed by atoms with Crippen LogP contribution in [0.15, 0.2) is 17.2 Å². The number of anilines is 1. The largest absolute Gasteiger partial charge is 0.360 e. The van der Waals surface area contributed by atoms with Gasteiger partial charge in [-0.25, -0.2) is 4.98 Å². The Labute approximate surface area is 78.2 Å². The van der Waals surface area contributed by atoms with Gasteiger partial charge in [-0.1, -0.05) is 5.16 Å². The Morgan fingerprint density at radius 2 is 2.38 bits per heavy atom. The van der Waals surface area contributed by atoms with Gasteiger partial charge >= 0.3 is 0 Å². The zero-order valence-corrected chi connectivity index (χ0v) is 7.49. The first-order valence-corrected chi connectivity index (χ1v) is 4.48. The molecule has 0 unspecified atom stereocenters. The maximum absolute atomic E-state index is 4.82. The summed E-state index contributed by atoms with van der Waals surface area (Å²) in [5.41, 5.74) is 0. The highest BCUT2D eigenvalue weighted by atomic mass is 32.1. The predicted molar refractivity (Wildman–Crippen MR) is 46.4 cm³/mol. The summed E-state index contributed by atoms with van der Waals surface area (Å²) in [5, 5.41) is 7.38. The van der Waals surface area contributed by atoms with Gasteiger partial charge in [0.2, 0.25) is 11.0 Å². The molecule has 7 heteroatoms. The molecule has 0 aliphatic rings. The number of hydrogen-bond donors (Lipinski definition) is 1. The molecular formula is C6H7N5OS. The SMILES string of the molecule is c1noc(CCNc2ncns2)n1. The molecule has 0 bridgehead atoms. The van der Waals surface area contributed by atoms with E-state index in [0.29, 0.717) is 12.3 Å². The van der Waals surface area contributed by atoms with Crippen LogP contribution < -0.4 is 5.32 Å². The highest BCUT2D eigenvalue weighted by molar-refractivity contribution is 7.09. The third-order valence-corrected chi connectivity index (χ3v) is 2.01. The van der Waals surface area contributed by atoms with Crippen LogP contribution in [-0.4, -0.2) is 26.0 Å². The quantitative estimate of drug-likeness (QED) is 0.772. The molecule has 2 aromatic heterocycles. The van der Waals surface area contributed by atoms with Crippen molar-refractivity contribution >= 4 is 16.7 Å². The maximum atomic E-state index is 4.82. The summed E-state index contributed by atoms with van der Waals surface area (Å²) in [4.78, 5) is 7.85. The Morgan fingerprint density at radius 1 is 1.38 bits per heavy atom. The van der Waals surface area contributed by atoms with Gasteiger partial charge in [-0.15, -0.1) is 0 Å². The first-order valence-electron chi connectivity index (χ1n) is 3.71. The van der Waals surface area contributed by atoms with E-state index < -0.39 is 0 Å². The fraction of sp³-hybridized carbons (Fsp3) is 0.333. The van der Waals surface area contributed by atoms with Crippen LogP contribution in [0.4, 0.5) is 5.13 Å². The van der Waals surface area contributed by atoms with E-state index in [0.717, 1.165) is 11.7 Å². The summed E-state index contributed by atoms with van der Waals surface area (Å²) in [5.74, 6) is 0.622. The van der Waals surface area contributed by atoms with Crippen LogP contribution >= 0.6 is 11.5 Å². The normalized spacial score (nSPS) is 10.2. The Morgan fingerprint density at radius 3 is 3.08 bits per heavy atom. The van der Waals surface area contributed by atoms with Crippen molar-refractivity contribution < 1.29 is 4.52 Å². The minimum atomic E-state index is 0.622. The maximum Gasteiger partial charge on any atom is 0.228 e. The second-order valence-electron chi connectivity index (χ2n) is 2.26. The van der Waals surface area contributed by atoms with E-state index in [4.69, 9.17) is 4.52 Å². The lowest BCUT2D eigenvalue weighted by molar-refractivity contribution is 0.380. The van der Waals surface area contributed by atoms with Gasteiger partial charge in [-0.3, -0.25) is 0 Å². The molecule has 0 spiro atoms. The fourth-order valence-electron chi connectivity index (χ4n) is 0.833. The van der Waals surface area contributed by atoms with Crippen molar-refractivity contribution in [3.05, 3.63) is 18.5 Å². The van der Waals surface area contributed by atoms with E-state index >= 15 is 0 Å². The molecule has 0 aliphatic carbocycles. The second-order valence-corrected chi connectivity index (χ2v) is 3.04. The van der Waals surface area contributed by atoms with Crippen molar-refractivity contribution in [2.24, 2.45) is 0 Å². The van der Waals surface area contributed by atoms with Crippen LogP contribution in [0.3, 0.4) is 0 Å². The number of nitrogens with one attached hydrogen (secondary N) is 1. The van der Waals surface area contributed by atoms with Gasteiger partial charge in [0.25, 0.3) is 0 Å². The van der Waals surface area contributed by atoms with Crippen LogP contribution in [0, 0.1) is 0 Å². The molecule has 68 valence electrons. The van der Waals surface area contributed by atoms with Crippen molar-refractivity contribution in [1.82, 2.24) is 19.5 Å². The smallest absolute Gasteiger partial charge is 0.228 e. The third kappa shape index (κ3) is 2.22. The molecule has 0 aliphatic heterocycles. The van der Waals surface area contributed by atoms with Crippen LogP contribution in [0.1, 0.15) is 5.89 Å². The van der Waals surface area contributed by atoms with Gasteiger partial charge in [-0.2, -0.15) is 9.36 Å². The highest BCUT2D eigenvalue weighted by Gasteiger charge is 1.99.